The van der Waals surface area contributed by atoms with Gasteiger partial charge in [0.2, 0.25) is 0 Å². The van der Waals surface area contributed by atoms with Crippen LogP contribution in [0.25, 0.3) is 0 Å². The van der Waals surface area contributed by atoms with E-state index < -0.39 is 0 Å². The Morgan fingerprint density at radius 2 is 1.94 bits per heavy atom. The molecule has 16 heavy (non-hydrogen) atoms. The molecule has 0 fully saturated rings. The summed E-state index contributed by atoms with van der Waals surface area (Å²) in [7, 11) is 4.17. The van der Waals surface area contributed by atoms with Gasteiger partial charge in [0.05, 0.1) is 12.2 Å². The second kappa shape index (κ2) is 6.01. The van der Waals surface area contributed by atoms with Crippen molar-refractivity contribution in [3.63, 3.8) is 0 Å². The summed E-state index contributed by atoms with van der Waals surface area (Å²) in [4.78, 5) is 2.18. The van der Waals surface area contributed by atoms with Crippen LogP contribution in [0.2, 0.25) is 0 Å². The molecule has 0 spiro atoms. The molecule has 0 aliphatic rings. The van der Waals surface area contributed by atoms with Gasteiger partial charge in [0.1, 0.15) is 0 Å². The third-order valence-electron chi connectivity index (χ3n) is 2.88. The predicted molar refractivity (Wildman–Crippen MR) is 67.4 cm³/mol. The van der Waals surface area contributed by atoms with Crippen LogP contribution in [0.3, 0.4) is 0 Å². The van der Waals surface area contributed by atoms with Gasteiger partial charge in [-0.15, -0.1) is 0 Å². The van der Waals surface area contributed by atoms with Gasteiger partial charge in [-0.2, -0.15) is 5.10 Å². The average molecular weight is 224 g/mol. The molecular formula is C12H24N4. The highest BCUT2D eigenvalue weighted by Gasteiger charge is 2.13. The van der Waals surface area contributed by atoms with Gasteiger partial charge in [-0.25, -0.2) is 0 Å². The first-order valence-corrected chi connectivity index (χ1v) is 6.06. The molecule has 0 unspecified atom stereocenters. The van der Waals surface area contributed by atoms with E-state index in [4.69, 9.17) is 5.73 Å². The fourth-order valence-corrected chi connectivity index (χ4v) is 1.98. The second-order valence-corrected chi connectivity index (χ2v) is 4.31. The number of likely N-dealkylation sites (N-methyl/N-ethyl adjacent to an activating group) is 1. The van der Waals surface area contributed by atoms with Crippen LogP contribution in [-0.4, -0.2) is 35.3 Å². The molecule has 0 bridgehead atoms. The number of rotatable bonds is 6. The standard InChI is InChI=1S/C12H24N4/c1-5-11-10(9-13)12(6-2)16(14-11)8-7-15(3)4/h5-9,13H2,1-4H3. The molecule has 0 aliphatic heterocycles. The van der Waals surface area contributed by atoms with Crippen LogP contribution in [0.15, 0.2) is 0 Å². The van der Waals surface area contributed by atoms with E-state index in [9.17, 15) is 0 Å². The van der Waals surface area contributed by atoms with Gasteiger partial charge in [0, 0.05) is 24.3 Å². The second-order valence-electron chi connectivity index (χ2n) is 4.31. The van der Waals surface area contributed by atoms with Crippen molar-refractivity contribution >= 4 is 0 Å². The monoisotopic (exact) mass is 224 g/mol. The first-order valence-electron chi connectivity index (χ1n) is 6.06. The Kier molecular flexibility index (Phi) is 4.96. The Labute approximate surface area is 98.4 Å². The lowest BCUT2D eigenvalue weighted by Crippen LogP contribution is -2.20. The fraction of sp³-hybridized carbons (Fsp3) is 0.750. The molecule has 1 aromatic heterocycles. The molecule has 92 valence electrons. The van der Waals surface area contributed by atoms with Crippen LogP contribution >= 0.6 is 0 Å². The summed E-state index contributed by atoms with van der Waals surface area (Å²) in [5.41, 5.74) is 9.53. The summed E-state index contributed by atoms with van der Waals surface area (Å²) >= 11 is 0. The van der Waals surface area contributed by atoms with Gasteiger partial charge in [0.25, 0.3) is 0 Å². The zero-order chi connectivity index (χ0) is 12.1. The maximum atomic E-state index is 5.81. The molecule has 4 heteroatoms. The van der Waals surface area contributed by atoms with Crippen LogP contribution in [0, 0.1) is 0 Å². The molecule has 1 heterocycles. The molecule has 0 amide bonds. The minimum absolute atomic E-state index is 0.605. The quantitative estimate of drug-likeness (QED) is 0.785. The number of hydrogen-bond donors (Lipinski definition) is 1. The highest BCUT2D eigenvalue weighted by Crippen LogP contribution is 2.15. The molecule has 1 aromatic rings. The summed E-state index contributed by atoms with van der Waals surface area (Å²) in [5, 5.41) is 4.65. The molecule has 0 aromatic carbocycles. The van der Waals surface area contributed by atoms with Crippen molar-refractivity contribution in [3.8, 4) is 0 Å². The molecule has 0 radical (unpaired) electrons. The molecule has 0 saturated heterocycles. The predicted octanol–water partition coefficient (Wildman–Crippen LogP) is 1.03. The summed E-state index contributed by atoms with van der Waals surface area (Å²) in [6.07, 6.45) is 1.97. The van der Waals surface area contributed by atoms with Crippen LogP contribution in [-0.2, 0) is 25.9 Å². The largest absolute Gasteiger partial charge is 0.326 e. The first kappa shape index (κ1) is 13.2. The van der Waals surface area contributed by atoms with Crippen LogP contribution < -0.4 is 5.73 Å². The van der Waals surface area contributed by atoms with Crippen molar-refractivity contribution in [3.05, 3.63) is 17.0 Å². The molecular weight excluding hydrogens is 200 g/mol. The lowest BCUT2D eigenvalue weighted by atomic mass is 10.1. The van der Waals surface area contributed by atoms with E-state index in [2.05, 4.69) is 42.6 Å². The van der Waals surface area contributed by atoms with Crippen molar-refractivity contribution in [1.82, 2.24) is 14.7 Å². The molecule has 4 nitrogen and oxygen atoms in total. The highest BCUT2D eigenvalue weighted by molar-refractivity contribution is 5.26. The van der Waals surface area contributed by atoms with Crippen LogP contribution in [0.4, 0.5) is 0 Å². The topological polar surface area (TPSA) is 47.1 Å². The van der Waals surface area contributed by atoms with E-state index in [1.807, 2.05) is 0 Å². The van der Waals surface area contributed by atoms with E-state index in [1.165, 1.54) is 11.3 Å². The molecule has 2 N–H and O–H groups in total. The minimum atomic E-state index is 0.605. The maximum Gasteiger partial charge on any atom is 0.0669 e. The van der Waals surface area contributed by atoms with Gasteiger partial charge in [-0.1, -0.05) is 13.8 Å². The SMILES string of the molecule is CCc1nn(CCN(C)C)c(CC)c1CN. The minimum Gasteiger partial charge on any atom is -0.326 e. The smallest absolute Gasteiger partial charge is 0.0669 e. The zero-order valence-corrected chi connectivity index (χ0v) is 11.0. The first-order chi connectivity index (χ1) is 7.63. The molecule has 1 rings (SSSR count). The Bertz CT molecular complexity index is 328. The summed E-state index contributed by atoms with van der Waals surface area (Å²) in [6, 6.07) is 0. The van der Waals surface area contributed by atoms with Gasteiger partial charge in [0.15, 0.2) is 0 Å². The summed E-state index contributed by atoms with van der Waals surface area (Å²) < 4.78 is 2.13. The van der Waals surface area contributed by atoms with Crippen molar-refractivity contribution in [1.29, 1.82) is 0 Å². The fourth-order valence-electron chi connectivity index (χ4n) is 1.98. The van der Waals surface area contributed by atoms with Gasteiger partial charge in [-0.3, -0.25) is 4.68 Å². The number of aromatic nitrogens is 2. The third-order valence-corrected chi connectivity index (χ3v) is 2.88. The van der Waals surface area contributed by atoms with E-state index >= 15 is 0 Å². The van der Waals surface area contributed by atoms with Crippen molar-refractivity contribution in [2.75, 3.05) is 20.6 Å². The van der Waals surface area contributed by atoms with Crippen LogP contribution in [0.1, 0.15) is 30.8 Å². The molecule has 0 aliphatic carbocycles. The average Bonchev–Trinajstić information content (AvgIpc) is 2.62. The number of nitrogens with zero attached hydrogens (tertiary/aromatic N) is 3. The molecule has 0 saturated carbocycles. The Morgan fingerprint density at radius 1 is 1.25 bits per heavy atom. The van der Waals surface area contributed by atoms with E-state index in [-0.39, 0.29) is 0 Å². The van der Waals surface area contributed by atoms with Gasteiger partial charge < -0.3 is 10.6 Å². The number of hydrogen-bond acceptors (Lipinski definition) is 3. The number of nitrogens with two attached hydrogens (primary N) is 1. The lowest BCUT2D eigenvalue weighted by molar-refractivity contribution is 0.369. The zero-order valence-electron chi connectivity index (χ0n) is 11.0. The van der Waals surface area contributed by atoms with Crippen molar-refractivity contribution in [2.45, 2.75) is 39.8 Å². The maximum absolute atomic E-state index is 5.81. The van der Waals surface area contributed by atoms with E-state index in [1.54, 1.807) is 0 Å². The lowest BCUT2D eigenvalue weighted by Gasteiger charge is -2.11. The summed E-state index contributed by atoms with van der Waals surface area (Å²) in [6.45, 7) is 6.87. The Morgan fingerprint density at radius 3 is 2.38 bits per heavy atom. The number of aryl methyl sites for hydroxylation is 1. The van der Waals surface area contributed by atoms with Crippen molar-refractivity contribution in [2.24, 2.45) is 5.73 Å². The van der Waals surface area contributed by atoms with E-state index in [0.717, 1.165) is 31.6 Å². The van der Waals surface area contributed by atoms with Crippen molar-refractivity contribution < 1.29 is 0 Å². The normalized spacial score (nSPS) is 11.4. The third kappa shape index (κ3) is 2.83. The van der Waals surface area contributed by atoms with Crippen LogP contribution in [0.5, 0.6) is 0 Å². The van der Waals surface area contributed by atoms with Gasteiger partial charge >= 0.3 is 0 Å². The Hall–Kier alpha value is -0.870. The highest BCUT2D eigenvalue weighted by atomic mass is 15.3. The van der Waals surface area contributed by atoms with Gasteiger partial charge in [-0.05, 0) is 26.9 Å². The Balaban J connectivity index is 2.94. The van der Waals surface area contributed by atoms with E-state index in [0.29, 0.717) is 6.54 Å². The summed E-state index contributed by atoms with van der Waals surface area (Å²) in [5.74, 6) is 0. The molecule has 0 atom stereocenters.